The molecule has 1 rings (SSSR count). The van der Waals surface area contributed by atoms with Crippen molar-refractivity contribution >= 4 is 9.84 Å². The molecule has 0 saturated carbocycles. The van der Waals surface area contributed by atoms with Crippen LogP contribution in [0.3, 0.4) is 0 Å². The Kier molecular flexibility index (Phi) is 6.23. The van der Waals surface area contributed by atoms with Crippen molar-refractivity contribution in [2.75, 3.05) is 19.9 Å². The van der Waals surface area contributed by atoms with E-state index in [1.165, 1.54) is 6.26 Å². The molecule has 1 aromatic carbocycles. The number of ether oxygens (including phenoxy) is 1. The molecule has 2 unspecified atom stereocenters. The second-order valence-corrected chi connectivity index (χ2v) is 8.05. The first-order chi connectivity index (χ1) is 9.72. The first kappa shape index (κ1) is 18.0. The van der Waals surface area contributed by atoms with Gasteiger partial charge < -0.3 is 10.1 Å². The summed E-state index contributed by atoms with van der Waals surface area (Å²) < 4.78 is 29.3. The maximum atomic E-state index is 12.0. The predicted molar refractivity (Wildman–Crippen MR) is 87.8 cm³/mol. The summed E-state index contributed by atoms with van der Waals surface area (Å²) in [6.07, 6.45) is 2.26. The van der Waals surface area contributed by atoms with Crippen molar-refractivity contribution in [2.45, 2.75) is 45.4 Å². The van der Waals surface area contributed by atoms with Crippen molar-refractivity contribution in [3.63, 3.8) is 0 Å². The Morgan fingerprint density at radius 2 is 1.86 bits per heavy atom. The van der Waals surface area contributed by atoms with Crippen LogP contribution < -0.4 is 10.1 Å². The van der Waals surface area contributed by atoms with Gasteiger partial charge in [-0.15, -0.1) is 0 Å². The number of rotatable bonds is 7. The van der Waals surface area contributed by atoms with E-state index < -0.39 is 15.1 Å². The van der Waals surface area contributed by atoms with Crippen LogP contribution in [-0.2, 0) is 9.84 Å². The number of aryl methyl sites for hydroxylation is 2. The topological polar surface area (TPSA) is 55.4 Å². The van der Waals surface area contributed by atoms with E-state index in [0.29, 0.717) is 0 Å². The van der Waals surface area contributed by atoms with Crippen LogP contribution in [0.4, 0.5) is 0 Å². The lowest BCUT2D eigenvalue weighted by Crippen LogP contribution is -2.36. The number of hydrogen-bond donors (Lipinski definition) is 1. The van der Waals surface area contributed by atoms with Crippen LogP contribution in [0.5, 0.6) is 5.75 Å². The predicted octanol–water partition coefficient (Wildman–Crippen LogP) is 2.79. The molecule has 0 saturated heterocycles. The molecule has 1 aromatic rings. The zero-order valence-electron chi connectivity index (χ0n) is 13.9. The molecular weight excluding hydrogens is 286 g/mol. The van der Waals surface area contributed by atoms with Gasteiger partial charge in [0.05, 0.1) is 12.4 Å². The summed E-state index contributed by atoms with van der Waals surface area (Å²) in [6.45, 7) is 8.59. The third-order valence-corrected chi connectivity index (χ3v) is 5.50. The summed E-state index contributed by atoms with van der Waals surface area (Å²) >= 11 is 0. The van der Waals surface area contributed by atoms with E-state index >= 15 is 0 Å². The molecule has 0 spiro atoms. The van der Waals surface area contributed by atoms with Gasteiger partial charge in [0.25, 0.3) is 0 Å². The third-order valence-electron chi connectivity index (χ3n) is 3.88. The fraction of sp³-hybridized carbons (Fsp3) is 0.625. The van der Waals surface area contributed by atoms with Crippen molar-refractivity contribution in [3.05, 3.63) is 28.8 Å². The Hall–Kier alpha value is -1.07. The largest absolute Gasteiger partial charge is 0.496 e. The molecule has 5 heteroatoms. The van der Waals surface area contributed by atoms with Gasteiger partial charge >= 0.3 is 0 Å². The van der Waals surface area contributed by atoms with Crippen molar-refractivity contribution in [1.82, 2.24) is 5.32 Å². The van der Waals surface area contributed by atoms with Crippen LogP contribution in [0.25, 0.3) is 0 Å². The number of methoxy groups -OCH3 is 1. The van der Waals surface area contributed by atoms with Crippen molar-refractivity contribution in [3.8, 4) is 5.75 Å². The summed E-state index contributed by atoms with van der Waals surface area (Å²) in [6, 6.07) is 3.80. The summed E-state index contributed by atoms with van der Waals surface area (Å²) in [4.78, 5) is 0. The molecule has 2 atom stereocenters. The van der Waals surface area contributed by atoms with Crippen LogP contribution >= 0.6 is 0 Å². The summed E-state index contributed by atoms with van der Waals surface area (Å²) in [5.74, 6) is 0.831. The lowest BCUT2D eigenvalue weighted by atomic mass is 9.96. The molecule has 0 bridgehead atoms. The summed E-state index contributed by atoms with van der Waals surface area (Å²) in [7, 11) is -1.47. The Balaban J connectivity index is 3.29. The second-order valence-electron chi connectivity index (χ2n) is 5.64. The van der Waals surface area contributed by atoms with Crippen LogP contribution in [-0.4, -0.2) is 33.6 Å². The highest BCUT2D eigenvalue weighted by molar-refractivity contribution is 7.91. The highest BCUT2D eigenvalue weighted by atomic mass is 32.2. The van der Waals surface area contributed by atoms with E-state index in [-0.39, 0.29) is 6.04 Å². The molecule has 0 amide bonds. The Bertz CT molecular complexity index is 581. The maximum Gasteiger partial charge on any atom is 0.151 e. The average Bonchev–Trinajstić information content (AvgIpc) is 2.41. The average molecular weight is 313 g/mol. The molecule has 0 aliphatic rings. The van der Waals surface area contributed by atoms with Crippen LogP contribution in [0, 0.1) is 13.8 Å². The standard InChI is InChI=1S/C16H27NO3S/c1-7-8-17-16(13(4)21(6,18)19)14-9-12(3)15(20-5)10-11(14)2/h9-10,13,16-17H,7-8H2,1-6H3. The SMILES string of the molecule is CCCNC(c1cc(C)c(OC)cc1C)C(C)S(C)(=O)=O. The highest BCUT2D eigenvalue weighted by Gasteiger charge is 2.28. The minimum absolute atomic E-state index is 0.204. The van der Waals surface area contributed by atoms with E-state index in [4.69, 9.17) is 4.74 Å². The molecule has 0 fully saturated rings. The highest BCUT2D eigenvalue weighted by Crippen LogP contribution is 2.30. The van der Waals surface area contributed by atoms with E-state index in [9.17, 15) is 8.42 Å². The molecule has 0 aliphatic heterocycles. The third kappa shape index (κ3) is 4.45. The number of nitrogens with one attached hydrogen (secondary N) is 1. The lowest BCUT2D eigenvalue weighted by Gasteiger charge is -2.27. The molecule has 120 valence electrons. The Labute approximate surface area is 128 Å². The molecule has 4 nitrogen and oxygen atoms in total. The molecule has 21 heavy (non-hydrogen) atoms. The normalized spacial score (nSPS) is 14.8. The maximum absolute atomic E-state index is 12.0. The minimum atomic E-state index is -3.12. The molecule has 0 heterocycles. The van der Waals surface area contributed by atoms with Gasteiger partial charge in [-0.05, 0) is 56.5 Å². The molecule has 1 N–H and O–H groups in total. The van der Waals surface area contributed by atoms with E-state index in [2.05, 4.69) is 12.2 Å². The van der Waals surface area contributed by atoms with E-state index in [1.807, 2.05) is 26.0 Å². The van der Waals surface area contributed by atoms with Gasteiger partial charge in [0, 0.05) is 12.3 Å². The molecule has 0 radical (unpaired) electrons. The van der Waals surface area contributed by atoms with E-state index in [1.54, 1.807) is 14.0 Å². The summed E-state index contributed by atoms with van der Waals surface area (Å²) in [5.41, 5.74) is 3.09. The Morgan fingerprint density at radius 1 is 1.24 bits per heavy atom. The monoisotopic (exact) mass is 313 g/mol. The fourth-order valence-electron chi connectivity index (χ4n) is 2.44. The van der Waals surface area contributed by atoms with Crippen molar-refractivity contribution in [2.24, 2.45) is 0 Å². The van der Waals surface area contributed by atoms with Gasteiger partial charge in [0.2, 0.25) is 0 Å². The van der Waals surface area contributed by atoms with Crippen molar-refractivity contribution < 1.29 is 13.2 Å². The van der Waals surface area contributed by atoms with Gasteiger partial charge in [-0.2, -0.15) is 0 Å². The van der Waals surface area contributed by atoms with E-state index in [0.717, 1.165) is 35.4 Å². The summed E-state index contributed by atoms with van der Waals surface area (Å²) in [5, 5.41) is 2.90. The minimum Gasteiger partial charge on any atom is -0.496 e. The molecule has 0 aromatic heterocycles. The first-order valence-electron chi connectivity index (χ1n) is 7.29. The first-order valence-corrected chi connectivity index (χ1v) is 9.25. The van der Waals surface area contributed by atoms with Gasteiger partial charge in [0.15, 0.2) is 9.84 Å². The van der Waals surface area contributed by atoms with Gasteiger partial charge in [-0.25, -0.2) is 8.42 Å². The van der Waals surface area contributed by atoms with Crippen molar-refractivity contribution in [1.29, 1.82) is 0 Å². The van der Waals surface area contributed by atoms with Gasteiger partial charge in [-0.1, -0.05) is 13.0 Å². The lowest BCUT2D eigenvalue weighted by molar-refractivity contribution is 0.410. The smallest absolute Gasteiger partial charge is 0.151 e. The Morgan fingerprint density at radius 3 is 2.33 bits per heavy atom. The van der Waals surface area contributed by atoms with Gasteiger partial charge in [0.1, 0.15) is 5.75 Å². The number of benzene rings is 1. The molecular formula is C16H27NO3S. The zero-order chi connectivity index (χ0) is 16.2. The molecule has 0 aliphatic carbocycles. The zero-order valence-corrected chi connectivity index (χ0v) is 14.7. The van der Waals surface area contributed by atoms with Crippen LogP contribution in [0.1, 0.15) is 43.0 Å². The fourth-order valence-corrected chi connectivity index (χ4v) is 3.18. The quantitative estimate of drug-likeness (QED) is 0.841. The van der Waals surface area contributed by atoms with Crippen LogP contribution in [0.2, 0.25) is 0 Å². The number of hydrogen-bond acceptors (Lipinski definition) is 4. The van der Waals surface area contributed by atoms with Gasteiger partial charge in [-0.3, -0.25) is 0 Å². The van der Waals surface area contributed by atoms with Crippen LogP contribution in [0.15, 0.2) is 12.1 Å². The second kappa shape index (κ2) is 7.27. The number of sulfone groups is 1.